The molecule has 1 atom stereocenters. The van der Waals surface area contributed by atoms with Crippen LogP contribution < -0.4 is 5.32 Å². The number of thioether (sulfide) groups is 1. The first-order valence-electron chi connectivity index (χ1n) is 9.72. The highest BCUT2D eigenvalue weighted by Crippen LogP contribution is 2.22. The van der Waals surface area contributed by atoms with Crippen LogP contribution in [0.1, 0.15) is 45.1 Å². The van der Waals surface area contributed by atoms with Crippen molar-refractivity contribution in [3.05, 3.63) is 88.2 Å². The van der Waals surface area contributed by atoms with Gasteiger partial charge < -0.3 is 9.88 Å². The molecule has 1 aromatic heterocycles. The zero-order valence-corrected chi connectivity index (χ0v) is 19.7. The van der Waals surface area contributed by atoms with E-state index in [1.165, 1.54) is 11.8 Å². The SMILES string of the molecule is C=CCn1c(SCC(=O)c2ccc(Br)cc2)nnc1[C@H](C)NC(=O)c1ccc(C)cc1. The summed E-state index contributed by atoms with van der Waals surface area (Å²) in [4.78, 5) is 25.1. The largest absolute Gasteiger partial charge is 0.342 e. The van der Waals surface area contributed by atoms with Crippen LogP contribution in [0.4, 0.5) is 0 Å². The zero-order valence-electron chi connectivity index (χ0n) is 17.3. The fraction of sp³-hybridized carbons (Fsp3) is 0.217. The number of hydrogen-bond donors (Lipinski definition) is 1. The highest BCUT2D eigenvalue weighted by molar-refractivity contribution is 9.10. The van der Waals surface area contributed by atoms with E-state index in [1.807, 2.05) is 42.7 Å². The summed E-state index contributed by atoms with van der Waals surface area (Å²) in [5.41, 5.74) is 2.32. The van der Waals surface area contributed by atoms with Gasteiger partial charge in [-0.1, -0.05) is 63.6 Å². The molecule has 0 saturated heterocycles. The molecule has 6 nitrogen and oxygen atoms in total. The Labute approximate surface area is 194 Å². The van der Waals surface area contributed by atoms with E-state index in [9.17, 15) is 9.59 Å². The van der Waals surface area contributed by atoms with Crippen molar-refractivity contribution in [3.8, 4) is 0 Å². The highest BCUT2D eigenvalue weighted by atomic mass is 79.9. The number of ketones is 1. The molecule has 0 radical (unpaired) electrons. The van der Waals surface area contributed by atoms with Crippen LogP contribution in [-0.2, 0) is 6.54 Å². The van der Waals surface area contributed by atoms with Crippen molar-refractivity contribution < 1.29 is 9.59 Å². The van der Waals surface area contributed by atoms with Gasteiger partial charge in [0.05, 0.1) is 11.8 Å². The van der Waals surface area contributed by atoms with E-state index in [0.717, 1.165) is 10.0 Å². The molecule has 0 fully saturated rings. The first-order chi connectivity index (χ1) is 14.9. The lowest BCUT2D eigenvalue weighted by Gasteiger charge is -2.15. The number of allylic oxidation sites excluding steroid dienone is 1. The van der Waals surface area contributed by atoms with E-state index in [4.69, 9.17) is 0 Å². The van der Waals surface area contributed by atoms with Crippen molar-refractivity contribution in [2.75, 3.05) is 5.75 Å². The molecular weight excluding hydrogens is 476 g/mol. The minimum Gasteiger partial charge on any atom is -0.342 e. The molecule has 160 valence electrons. The number of benzene rings is 2. The molecule has 0 aliphatic heterocycles. The maximum Gasteiger partial charge on any atom is 0.251 e. The Balaban J connectivity index is 1.70. The van der Waals surface area contributed by atoms with E-state index >= 15 is 0 Å². The third-order valence-corrected chi connectivity index (χ3v) is 6.10. The van der Waals surface area contributed by atoms with Crippen molar-refractivity contribution in [2.45, 2.75) is 31.6 Å². The number of aryl methyl sites for hydroxylation is 1. The predicted octanol–water partition coefficient (Wildman–Crippen LogP) is 5.00. The van der Waals surface area contributed by atoms with Gasteiger partial charge in [0, 0.05) is 22.1 Å². The van der Waals surface area contributed by atoms with Crippen LogP contribution in [-0.4, -0.2) is 32.2 Å². The summed E-state index contributed by atoms with van der Waals surface area (Å²) in [6.45, 7) is 8.11. The molecule has 0 aliphatic rings. The number of halogens is 1. The van der Waals surface area contributed by atoms with E-state index in [2.05, 4.69) is 38.0 Å². The molecule has 0 saturated carbocycles. The number of carbonyl (C=O) groups is 2. The minimum absolute atomic E-state index is 0.00734. The summed E-state index contributed by atoms with van der Waals surface area (Å²) in [6, 6.07) is 14.3. The van der Waals surface area contributed by atoms with Gasteiger partial charge in [0.1, 0.15) is 0 Å². The molecule has 31 heavy (non-hydrogen) atoms. The standard InChI is InChI=1S/C23H23BrN4O2S/c1-4-13-28-21(16(3)25-22(30)18-7-5-15(2)6-8-18)26-27-23(28)31-14-20(29)17-9-11-19(24)12-10-17/h4-12,16H,1,13-14H2,2-3H3,(H,25,30)/t16-/m0/s1. The Bertz CT molecular complexity index is 1080. The van der Waals surface area contributed by atoms with Crippen LogP contribution in [0.2, 0.25) is 0 Å². The highest BCUT2D eigenvalue weighted by Gasteiger charge is 2.20. The van der Waals surface area contributed by atoms with Crippen LogP contribution in [0.5, 0.6) is 0 Å². The summed E-state index contributed by atoms with van der Waals surface area (Å²) < 4.78 is 2.79. The Kier molecular flexibility index (Phi) is 7.81. The maximum absolute atomic E-state index is 12.6. The van der Waals surface area contributed by atoms with E-state index in [-0.39, 0.29) is 23.5 Å². The second-order valence-corrected chi connectivity index (χ2v) is 8.88. The summed E-state index contributed by atoms with van der Waals surface area (Å²) in [5.74, 6) is 0.674. The Morgan fingerprint density at radius 1 is 1.13 bits per heavy atom. The number of nitrogens with one attached hydrogen (secondary N) is 1. The van der Waals surface area contributed by atoms with E-state index in [1.54, 1.807) is 30.3 Å². The molecule has 1 amide bonds. The molecule has 0 spiro atoms. The molecule has 1 heterocycles. The molecule has 8 heteroatoms. The molecule has 2 aromatic carbocycles. The minimum atomic E-state index is -0.363. The quantitative estimate of drug-likeness (QED) is 0.255. The topological polar surface area (TPSA) is 76.9 Å². The molecule has 3 rings (SSSR count). The number of amides is 1. The van der Waals surface area contributed by atoms with Gasteiger partial charge in [-0.2, -0.15) is 0 Å². The lowest BCUT2D eigenvalue weighted by Crippen LogP contribution is -2.28. The van der Waals surface area contributed by atoms with Gasteiger partial charge in [0.25, 0.3) is 5.91 Å². The van der Waals surface area contributed by atoms with Crippen molar-refractivity contribution in [1.82, 2.24) is 20.1 Å². The lowest BCUT2D eigenvalue weighted by atomic mass is 10.1. The van der Waals surface area contributed by atoms with Gasteiger partial charge in [-0.05, 0) is 38.1 Å². The first kappa shape index (κ1) is 23.0. The fourth-order valence-electron chi connectivity index (χ4n) is 2.93. The van der Waals surface area contributed by atoms with Gasteiger partial charge in [-0.25, -0.2) is 0 Å². The second-order valence-electron chi connectivity index (χ2n) is 7.02. The van der Waals surface area contributed by atoms with E-state index in [0.29, 0.717) is 28.7 Å². The number of aromatic nitrogens is 3. The van der Waals surface area contributed by atoms with E-state index < -0.39 is 0 Å². The number of nitrogens with zero attached hydrogens (tertiary/aromatic N) is 3. The molecule has 0 aliphatic carbocycles. The maximum atomic E-state index is 12.6. The third-order valence-electron chi connectivity index (χ3n) is 4.60. The summed E-state index contributed by atoms with van der Waals surface area (Å²) in [6.07, 6.45) is 1.74. The Morgan fingerprint density at radius 3 is 2.42 bits per heavy atom. The number of Topliss-reactive ketones (excluding diaryl/α,β-unsaturated/α-hetero) is 1. The van der Waals surface area contributed by atoms with Crippen molar-refractivity contribution >= 4 is 39.4 Å². The van der Waals surface area contributed by atoms with Crippen molar-refractivity contribution in [2.24, 2.45) is 0 Å². The average Bonchev–Trinajstić information content (AvgIpc) is 3.16. The summed E-state index contributed by atoms with van der Waals surface area (Å²) >= 11 is 4.69. The van der Waals surface area contributed by atoms with Gasteiger partial charge in [-0.15, -0.1) is 16.8 Å². The van der Waals surface area contributed by atoms with Crippen molar-refractivity contribution in [3.63, 3.8) is 0 Å². The second kappa shape index (κ2) is 10.5. The van der Waals surface area contributed by atoms with Crippen LogP contribution in [0.25, 0.3) is 0 Å². The monoisotopic (exact) mass is 498 g/mol. The molecule has 1 N–H and O–H groups in total. The molecule has 3 aromatic rings. The molecule has 0 unspecified atom stereocenters. The summed E-state index contributed by atoms with van der Waals surface area (Å²) in [5, 5.41) is 12.1. The molecule has 0 bridgehead atoms. The van der Waals surface area contributed by atoms with Gasteiger partial charge in [0.15, 0.2) is 16.8 Å². The van der Waals surface area contributed by atoms with Gasteiger partial charge in [-0.3, -0.25) is 9.59 Å². The van der Waals surface area contributed by atoms with Crippen LogP contribution in [0, 0.1) is 6.92 Å². The predicted molar refractivity (Wildman–Crippen MR) is 126 cm³/mol. The fourth-order valence-corrected chi connectivity index (χ4v) is 4.04. The Morgan fingerprint density at radius 2 is 1.77 bits per heavy atom. The summed E-state index contributed by atoms with van der Waals surface area (Å²) in [7, 11) is 0. The third kappa shape index (κ3) is 5.92. The molecular formula is C23H23BrN4O2S. The van der Waals surface area contributed by atoms with Crippen LogP contribution >= 0.6 is 27.7 Å². The lowest BCUT2D eigenvalue weighted by molar-refractivity contribution is 0.0937. The number of hydrogen-bond acceptors (Lipinski definition) is 5. The van der Waals surface area contributed by atoms with Crippen LogP contribution in [0.15, 0.2) is 70.8 Å². The van der Waals surface area contributed by atoms with Gasteiger partial charge in [0.2, 0.25) is 0 Å². The van der Waals surface area contributed by atoms with Gasteiger partial charge >= 0.3 is 0 Å². The normalized spacial score (nSPS) is 11.7. The van der Waals surface area contributed by atoms with Crippen LogP contribution in [0.3, 0.4) is 0 Å². The number of carbonyl (C=O) groups excluding carboxylic acids is 2. The van der Waals surface area contributed by atoms with Crippen molar-refractivity contribution in [1.29, 1.82) is 0 Å². The Hall–Kier alpha value is -2.71. The smallest absolute Gasteiger partial charge is 0.251 e. The first-order valence-corrected chi connectivity index (χ1v) is 11.5. The zero-order chi connectivity index (χ0) is 22.4. The average molecular weight is 499 g/mol. The number of rotatable bonds is 9.